The molecule has 20 heavy (non-hydrogen) atoms. The molecule has 2 aromatic carbocycles. The summed E-state index contributed by atoms with van der Waals surface area (Å²) in [6, 6.07) is 12.8. The van der Waals surface area contributed by atoms with Crippen LogP contribution in [-0.2, 0) is 4.74 Å². The van der Waals surface area contributed by atoms with Gasteiger partial charge in [0.15, 0.2) is 0 Å². The molecular formula is C14H11NO5. The highest BCUT2D eigenvalue weighted by Gasteiger charge is 2.26. The third-order valence-electron chi connectivity index (χ3n) is 2.56. The molecule has 102 valence electrons. The Morgan fingerprint density at radius 2 is 1.80 bits per heavy atom. The first-order chi connectivity index (χ1) is 9.63. The van der Waals surface area contributed by atoms with Crippen molar-refractivity contribution in [1.29, 1.82) is 0 Å². The first-order valence-electron chi connectivity index (χ1n) is 5.72. The molecule has 0 atom stereocenters. The lowest BCUT2D eigenvalue weighted by atomic mass is 10.1. The summed E-state index contributed by atoms with van der Waals surface area (Å²) in [5.41, 5.74) is -0.561. The fraction of sp³-hybridized carbons (Fsp3) is 0.0714. The van der Waals surface area contributed by atoms with Gasteiger partial charge in [0.2, 0.25) is 5.75 Å². The number of esters is 1. The van der Waals surface area contributed by atoms with E-state index in [0.29, 0.717) is 5.75 Å². The lowest BCUT2D eigenvalue weighted by Crippen LogP contribution is -2.06. The van der Waals surface area contributed by atoms with Crippen LogP contribution < -0.4 is 4.74 Å². The maximum atomic E-state index is 11.6. The number of hydrogen-bond donors (Lipinski definition) is 0. The number of para-hydroxylation sites is 2. The SMILES string of the molecule is COC(=O)c1cccc(Oc2ccccc2)c1[N+](=O)[O-]. The third-order valence-corrected chi connectivity index (χ3v) is 2.56. The van der Waals surface area contributed by atoms with Crippen molar-refractivity contribution in [3.05, 3.63) is 64.2 Å². The predicted octanol–water partition coefficient (Wildman–Crippen LogP) is 3.17. The Morgan fingerprint density at radius 3 is 2.40 bits per heavy atom. The summed E-state index contributed by atoms with van der Waals surface area (Å²) in [6.07, 6.45) is 0. The molecule has 0 amide bonds. The molecule has 0 aliphatic rings. The van der Waals surface area contributed by atoms with Crippen LogP contribution in [0.3, 0.4) is 0 Å². The summed E-state index contributed by atoms with van der Waals surface area (Å²) in [5.74, 6) is -0.350. The minimum Gasteiger partial charge on any atom is -0.465 e. The second kappa shape index (κ2) is 5.83. The van der Waals surface area contributed by atoms with E-state index in [9.17, 15) is 14.9 Å². The van der Waals surface area contributed by atoms with Crippen LogP contribution in [-0.4, -0.2) is 18.0 Å². The smallest absolute Gasteiger partial charge is 0.345 e. The maximum Gasteiger partial charge on any atom is 0.345 e. The molecule has 0 N–H and O–H groups in total. The van der Waals surface area contributed by atoms with E-state index in [1.54, 1.807) is 30.3 Å². The number of carbonyl (C=O) groups is 1. The van der Waals surface area contributed by atoms with Crippen LogP contribution in [0.5, 0.6) is 11.5 Å². The second-order valence-corrected chi connectivity index (χ2v) is 3.82. The van der Waals surface area contributed by atoms with Crippen LogP contribution in [0.15, 0.2) is 48.5 Å². The van der Waals surface area contributed by atoms with Crippen molar-refractivity contribution in [2.24, 2.45) is 0 Å². The molecule has 0 spiro atoms. The molecule has 6 heteroatoms. The van der Waals surface area contributed by atoms with E-state index in [-0.39, 0.29) is 11.3 Å². The molecule has 6 nitrogen and oxygen atoms in total. The number of nitro groups is 1. The summed E-state index contributed by atoms with van der Waals surface area (Å²) in [4.78, 5) is 22.1. The van der Waals surface area contributed by atoms with Gasteiger partial charge in [0.1, 0.15) is 11.3 Å². The summed E-state index contributed by atoms with van der Waals surface area (Å²) < 4.78 is 9.99. The highest BCUT2D eigenvalue weighted by Crippen LogP contribution is 2.34. The monoisotopic (exact) mass is 273 g/mol. The van der Waals surface area contributed by atoms with Crippen LogP contribution in [0, 0.1) is 10.1 Å². The van der Waals surface area contributed by atoms with Gasteiger partial charge in [-0.15, -0.1) is 0 Å². The normalized spacial score (nSPS) is 9.85. The number of methoxy groups -OCH3 is 1. The van der Waals surface area contributed by atoms with Crippen molar-refractivity contribution in [3.63, 3.8) is 0 Å². The Hall–Kier alpha value is -2.89. The van der Waals surface area contributed by atoms with E-state index < -0.39 is 16.6 Å². The number of rotatable bonds is 4. The van der Waals surface area contributed by atoms with E-state index in [1.165, 1.54) is 18.2 Å². The van der Waals surface area contributed by atoms with Gasteiger partial charge in [-0.3, -0.25) is 10.1 Å². The number of hydrogen-bond acceptors (Lipinski definition) is 5. The van der Waals surface area contributed by atoms with Crippen LogP contribution in [0.25, 0.3) is 0 Å². The molecule has 0 aliphatic carbocycles. The molecule has 0 aliphatic heterocycles. The van der Waals surface area contributed by atoms with Gasteiger partial charge in [-0.1, -0.05) is 24.3 Å². The number of carbonyl (C=O) groups excluding carboxylic acids is 1. The van der Waals surface area contributed by atoms with Crippen LogP contribution >= 0.6 is 0 Å². The molecular weight excluding hydrogens is 262 g/mol. The van der Waals surface area contributed by atoms with Gasteiger partial charge in [-0.05, 0) is 24.3 Å². The number of nitro benzene ring substituents is 1. The molecule has 0 unspecified atom stereocenters. The molecule has 0 radical (unpaired) electrons. The molecule has 0 heterocycles. The Kier molecular flexibility index (Phi) is 3.95. The minimum absolute atomic E-state index is 0.0101. The maximum absolute atomic E-state index is 11.6. The van der Waals surface area contributed by atoms with Gasteiger partial charge in [0.05, 0.1) is 12.0 Å². The minimum atomic E-state index is -0.782. The number of benzene rings is 2. The average Bonchev–Trinajstić information content (AvgIpc) is 2.47. The van der Waals surface area contributed by atoms with Crippen molar-refractivity contribution < 1.29 is 19.2 Å². The van der Waals surface area contributed by atoms with Gasteiger partial charge >= 0.3 is 11.7 Å². The largest absolute Gasteiger partial charge is 0.465 e. The lowest BCUT2D eigenvalue weighted by Gasteiger charge is -2.08. The highest BCUT2D eigenvalue weighted by molar-refractivity contribution is 5.95. The summed E-state index contributed by atoms with van der Waals surface area (Å²) in [6.45, 7) is 0. The fourth-order valence-electron chi connectivity index (χ4n) is 1.68. The van der Waals surface area contributed by atoms with E-state index >= 15 is 0 Å². The van der Waals surface area contributed by atoms with Crippen LogP contribution in [0.1, 0.15) is 10.4 Å². The van der Waals surface area contributed by atoms with Crippen molar-refractivity contribution in [1.82, 2.24) is 0 Å². The van der Waals surface area contributed by atoms with Gasteiger partial charge in [0.25, 0.3) is 0 Å². The van der Waals surface area contributed by atoms with E-state index in [1.807, 2.05) is 0 Å². The van der Waals surface area contributed by atoms with Crippen molar-refractivity contribution >= 4 is 11.7 Å². The Balaban J connectivity index is 2.48. The van der Waals surface area contributed by atoms with Crippen LogP contribution in [0.2, 0.25) is 0 Å². The zero-order chi connectivity index (χ0) is 14.5. The van der Waals surface area contributed by atoms with Gasteiger partial charge < -0.3 is 9.47 Å². The molecule has 0 bridgehead atoms. The molecule has 0 fully saturated rings. The molecule has 0 aromatic heterocycles. The standard InChI is InChI=1S/C14H11NO5/c1-19-14(16)11-8-5-9-12(13(11)15(17)18)20-10-6-3-2-4-7-10/h2-9H,1H3. The molecule has 0 saturated heterocycles. The molecule has 0 saturated carbocycles. The van der Waals surface area contributed by atoms with E-state index in [0.717, 1.165) is 7.11 Å². The lowest BCUT2D eigenvalue weighted by molar-refractivity contribution is -0.386. The Morgan fingerprint density at radius 1 is 1.10 bits per heavy atom. The number of ether oxygens (including phenoxy) is 2. The average molecular weight is 273 g/mol. The van der Waals surface area contributed by atoms with Crippen molar-refractivity contribution in [2.75, 3.05) is 7.11 Å². The quantitative estimate of drug-likeness (QED) is 0.485. The summed E-state index contributed by atoms with van der Waals surface area (Å²) >= 11 is 0. The van der Waals surface area contributed by atoms with Crippen molar-refractivity contribution in [3.8, 4) is 11.5 Å². The Labute approximate surface area is 114 Å². The first-order valence-corrected chi connectivity index (χ1v) is 5.72. The molecule has 2 aromatic rings. The summed E-state index contributed by atoms with van der Waals surface area (Å²) in [5, 5.41) is 11.2. The first kappa shape index (κ1) is 13.5. The summed E-state index contributed by atoms with van der Waals surface area (Å²) in [7, 11) is 1.16. The van der Waals surface area contributed by atoms with Gasteiger partial charge in [-0.25, -0.2) is 4.79 Å². The van der Waals surface area contributed by atoms with E-state index in [4.69, 9.17) is 4.74 Å². The molecule has 2 rings (SSSR count). The van der Waals surface area contributed by atoms with Crippen LogP contribution in [0.4, 0.5) is 5.69 Å². The predicted molar refractivity (Wildman–Crippen MR) is 71.0 cm³/mol. The van der Waals surface area contributed by atoms with Gasteiger partial charge in [0, 0.05) is 0 Å². The zero-order valence-electron chi connectivity index (χ0n) is 10.6. The zero-order valence-corrected chi connectivity index (χ0v) is 10.6. The third kappa shape index (κ3) is 2.74. The highest BCUT2D eigenvalue weighted by atomic mass is 16.6. The topological polar surface area (TPSA) is 78.7 Å². The fourth-order valence-corrected chi connectivity index (χ4v) is 1.68. The van der Waals surface area contributed by atoms with Gasteiger partial charge in [-0.2, -0.15) is 0 Å². The Bertz CT molecular complexity index is 639. The van der Waals surface area contributed by atoms with E-state index in [2.05, 4.69) is 4.74 Å². The second-order valence-electron chi connectivity index (χ2n) is 3.82. The van der Waals surface area contributed by atoms with Crippen molar-refractivity contribution in [2.45, 2.75) is 0 Å². The number of nitrogens with zero attached hydrogens (tertiary/aromatic N) is 1.